The fourth-order valence-electron chi connectivity index (χ4n) is 2.37. The van der Waals surface area contributed by atoms with Gasteiger partial charge in [0.05, 0.1) is 12.2 Å². The number of thiophene rings is 1. The van der Waals surface area contributed by atoms with Crippen molar-refractivity contribution < 1.29 is 0 Å². The molecule has 0 unspecified atom stereocenters. The van der Waals surface area contributed by atoms with E-state index in [0.717, 1.165) is 41.7 Å². The summed E-state index contributed by atoms with van der Waals surface area (Å²) < 4.78 is 0. The lowest BCUT2D eigenvalue weighted by Crippen LogP contribution is -2.38. The van der Waals surface area contributed by atoms with Crippen LogP contribution >= 0.6 is 22.7 Å². The van der Waals surface area contributed by atoms with Gasteiger partial charge in [-0.05, 0) is 24.8 Å². The maximum Gasteiger partial charge on any atom is 0.191 e. The Morgan fingerprint density at radius 2 is 1.96 bits per heavy atom. The van der Waals surface area contributed by atoms with E-state index in [-0.39, 0.29) is 0 Å². The number of hydrogen-bond acceptors (Lipinski definition) is 4. The molecule has 0 atom stereocenters. The smallest absolute Gasteiger partial charge is 0.191 e. The van der Waals surface area contributed by atoms with E-state index >= 15 is 0 Å². The van der Waals surface area contributed by atoms with Gasteiger partial charge in [-0.15, -0.1) is 22.7 Å². The van der Waals surface area contributed by atoms with E-state index in [1.54, 1.807) is 22.7 Å². The average molecular weight is 371 g/mol. The van der Waals surface area contributed by atoms with Crippen molar-refractivity contribution in [3.8, 4) is 11.3 Å². The highest BCUT2D eigenvalue weighted by Gasteiger charge is 2.04. The molecule has 3 aromatic rings. The second kappa shape index (κ2) is 9.34. The van der Waals surface area contributed by atoms with Gasteiger partial charge in [0.25, 0.3) is 0 Å². The Balaban J connectivity index is 1.56. The van der Waals surface area contributed by atoms with Gasteiger partial charge in [0.1, 0.15) is 5.01 Å². The first-order chi connectivity index (χ1) is 12.3. The van der Waals surface area contributed by atoms with E-state index in [2.05, 4.69) is 57.6 Å². The Bertz CT molecular complexity index is 779. The molecule has 1 aromatic carbocycles. The molecule has 3 rings (SSSR count). The molecule has 25 heavy (non-hydrogen) atoms. The van der Waals surface area contributed by atoms with Crippen LogP contribution in [0.3, 0.4) is 0 Å². The van der Waals surface area contributed by atoms with Crippen molar-refractivity contribution in [2.24, 2.45) is 4.99 Å². The van der Waals surface area contributed by atoms with Gasteiger partial charge in [0.2, 0.25) is 0 Å². The fraction of sp³-hybridized carbons (Fsp3) is 0.263. The van der Waals surface area contributed by atoms with E-state index in [0.29, 0.717) is 6.54 Å². The summed E-state index contributed by atoms with van der Waals surface area (Å²) in [4.78, 5) is 10.7. The second-order valence-corrected chi connectivity index (χ2v) is 7.42. The van der Waals surface area contributed by atoms with Crippen molar-refractivity contribution in [1.82, 2.24) is 15.6 Å². The molecule has 2 heterocycles. The molecule has 2 N–H and O–H groups in total. The van der Waals surface area contributed by atoms with Crippen molar-refractivity contribution in [1.29, 1.82) is 0 Å². The van der Waals surface area contributed by atoms with E-state index in [1.165, 1.54) is 4.88 Å². The zero-order chi connectivity index (χ0) is 17.3. The summed E-state index contributed by atoms with van der Waals surface area (Å²) in [5.41, 5.74) is 2.17. The van der Waals surface area contributed by atoms with Crippen molar-refractivity contribution in [3.05, 3.63) is 63.1 Å². The SMILES string of the molecule is CCNC(=NCc1nc(-c2ccccc2)cs1)NCCc1cccs1. The standard InChI is InChI=1S/C19H22N4S2/c1-2-20-19(21-11-10-16-9-6-12-24-16)22-13-18-23-17(14-25-18)15-7-4-3-5-8-15/h3-9,12,14H,2,10-11,13H2,1H3,(H2,20,21,22). The summed E-state index contributed by atoms with van der Waals surface area (Å²) in [6, 6.07) is 14.5. The van der Waals surface area contributed by atoms with Gasteiger partial charge in [-0.3, -0.25) is 0 Å². The van der Waals surface area contributed by atoms with E-state index in [9.17, 15) is 0 Å². The van der Waals surface area contributed by atoms with Gasteiger partial charge >= 0.3 is 0 Å². The Labute approximate surface area is 156 Å². The zero-order valence-corrected chi connectivity index (χ0v) is 15.9. The predicted octanol–water partition coefficient (Wildman–Crippen LogP) is 4.17. The van der Waals surface area contributed by atoms with Crippen LogP contribution < -0.4 is 10.6 Å². The summed E-state index contributed by atoms with van der Waals surface area (Å²) >= 11 is 3.44. The Hall–Kier alpha value is -2.18. The minimum atomic E-state index is 0.589. The minimum absolute atomic E-state index is 0.589. The molecular formula is C19H22N4S2. The number of guanidine groups is 1. The molecule has 0 aliphatic carbocycles. The fourth-order valence-corrected chi connectivity index (χ4v) is 3.81. The maximum absolute atomic E-state index is 4.69. The monoisotopic (exact) mass is 370 g/mol. The second-order valence-electron chi connectivity index (χ2n) is 5.44. The first kappa shape index (κ1) is 17.6. The molecule has 0 saturated heterocycles. The van der Waals surface area contributed by atoms with E-state index in [1.807, 2.05) is 18.2 Å². The largest absolute Gasteiger partial charge is 0.357 e. The van der Waals surface area contributed by atoms with Crippen LogP contribution in [0.25, 0.3) is 11.3 Å². The lowest BCUT2D eigenvalue weighted by Gasteiger charge is -2.10. The quantitative estimate of drug-likeness (QED) is 0.485. The van der Waals surface area contributed by atoms with Crippen LogP contribution in [0.2, 0.25) is 0 Å². The third kappa shape index (κ3) is 5.41. The van der Waals surface area contributed by atoms with E-state index in [4.69, 9.17) is 4.98 Å². The highest BCUT2D eigenvalue weighted by atomic mass is 32.1. The van der Waals surface area contributed by atoms with Crippen molar-refractivity contribution in [3.63, 3.8) is 0 Å². The minimum Gasteiger partial charge on any atom is -0.357 e. The van der Waals surface area contributed by atoms with Crippen LogP contribution in [-0.2, 0) is 13.0 Å². The summed E-state index contributed by atoms with van der Waals surface area (Å²) in [5, 5.41) is 11.9. The first-order valence-electron chi connectivity index (χ1n) is 8.39. The highest BCUT2D eigenvalue weighted by Crippen LogP contribution is 2.21. The third-order valence-corrected chi connectivity index (χ3v) is 5.35. The number of aromatic nitrogens is 1. The molecule has 0 aliphatic heterocycles. The van der Waals surface area contributed by atoms with E-state index < -0.39 is 0 Å². The number of rotatable bonds is 7. The maximum atomic E-state index is 4.69. The summed E-state index contributed by atoms with van der Waals surface area (Å²) in [5.74, 6) is 0.843. The van der Waals surface area contributed by atoms with Gasteiger partial charge in [0, 0.05) is 28.9 Å². The molecule has 2 aromatic heterocycles. The first-order valence-corrected chi connectivity index (χ1v) is 10.2. The van der Waals surface area contributed by atoms with Crippen LogP contribution in [0.15, 0.2) is 58.2 Å². The Morgan fingerprint density at radius 1 is 1.08 bits per heavy atom. The van der Waals surface area contributed by atoms with Gasteiger partial charge < -0.3 is 10.6 Å². The summed E-state index contributed by atoms with van der Waals surface area (Å²) in [7, 11) is 0. The number of hydrogen-bond donors (Lipinski definition) is 2. The number of thiazole rings is 1. The van der Waals surface area contributed by atoms with Crippen LogP contribution in [0.4, 0.5) is 0 Å². The molecule has 0 saturated carbocycles. The lowest BCUT2D eigenvalue weighted by molar-refractivity contribution is 0.804. The predicted molar refractivity (Wildman–Crippen MR) is 108 cm³/mol. The molecule has 0 aliphatic rings. The Kier molecular flexibility index (Phi) is 6.59. The topological polar surface area (TPSA) is 49.3 Å². The van der Waals surface area contributed by atoms with Crippen LogP contribution in [-0.4, -0.2) is 24.0 Å². The summed E-state index contributed by atoms with van der Waals surface area (Å²) in [6.45, 7) is 4.39. The van der Waals surface area contributed by atoms with Crippen LogP contribution in [0, 0.1) is 0 Å². The molecule has 0 spiro atoms. The zero-order valence-electron chi connectivity index (χ0n) is 14.2. The van der Waals surface area contributed by atoms with Crippen molar-refractivity contribution in [2.75, 3.05) is 13.1 Å². The normalized spacial score (nSPS) is 11.5. The van der Waals surface area contributed by atoms with Crippen LogP contribution in [0.5, 0.6) is 0 Å². The molecular weight excluding hydrogens is 348 g/mol. The van der Waals surface area contributed by atoms with Crippen LogP contribution in [0.1, 0.15) is 16.8 Å². The number of nitrogens with zero attached hydrogens (tertiary/aromatic N) is 2. The number of aliphatic imine (C=N–C) groups is 1. The molecule has 4 nitrogen and oxygen atoms in total. The molecule has 130 valence electrons. The average Bonchev–Trinajstić information content (AvgIpc) is 3.32. The van der Waals surface area contributed by atoms with Crippen molar-refractivity contribution >= 4 is 28.6 Å². The molecule has 0 amide bonds. The summed E-state index contributed by atoms with van der Waals surface area (Å²) in [6.07, 6.45) is 1.01. The molecule has 0 fully saturated rings. The molecule has 6 heteroatoms. The van der Waals surface area contributed by atoms with Gasteiger partial charge in [-0.1, -0.05) is 36.4 Å². The Morgan fingerprint density at radius 3 is 2.72 bits per heavy atom. The molecule has 0 bridgehead atoms. The van der Waals surface area contributed by atoms with Gasteiger partial charge in [-0.25, -0.2) is 9.98 Å². The number of benzene rings is 1. The van der Waals surface area contributed by atoms with Crippen molar-refractivity contribution in [2.45, 2.75) is 19.9 Å². The van der Waals surface area contributed by atoms with Gasteiger partial charge in [0.15, 0.2) is 5.96 Å². The number of nitrogens with one attached hydrogen (secondary N) is 2. The third-order valence-electron chi connectivity index (χ3n) is 3.58. The van der Waals surface area contributed by atoms with Gasteiger partial charge in [-0.2, -0.15) is 0 Å². The lowest BCUT2D eigenvalue weighted by atomic mass is 10.2. The molecule has 0 radical (unpaired) electrons. The highest BCUT2D eigenvalue weighted by molar-refractivity contribution is 7.10.